The Morgan fingerprint density at radius 2 is 2.05 bits per heavy atom. The van der Waals surface area contributed by atoms with Gasteiger partial charge in [-0.25, -0.2) is 0 Å². The third-order valence-electron chi connectivity index (χ3n) is 3.52. The van der Waals surface area contributed by atoms with Gasteiger partial charge in [-0.05, 0) is 33.6 Å². The van der Waals surface area contributed by atoms with Crippen LogP contribution in [0.15, 0.2) is 0 Å². The van der Waals surface area contributed by atoms with Gasteiger partial charge >= 0.3 is 5.97 Å². The molecule has 0 aromatic rings. The van der Waals surface area contributed by atoms with Gasteiger partial charge < -0.3 is 14.4 Å². The van der Waals surface area contributed by atoms with Crippen LogP contribution in [0.2, 0.25) is 0 Å². The second kappa shape index (κ2) is 6.89. The Morgan fingerprint density at radius 1 is 1.37 bits per heavy atom. The van der Waals surface area contributed by atoms with Gasteiger partial charge in [0.2, 0.25) is 5.91 Å². The molecule has 0 aromatic heterocycles. The molecule has 19 heavy (non-hydrogen) atoms. The largest absolute Gasteiger partial charge is 0.466 e. The van der Waals surface area contributed by atoms with E-state index in [1.807, 2.05) is 13.8 Å². The summed E-state index contributed by atoms with van der Waals surface area (Å²) in [6, 6.07) is 0. The maximum Gasteiger partial charge on any atom is 0.310 e. The summed E-state index contributed by atoms with van der Waals surface area (Å²) in [7, 11) is 1.60. The number of methoxy groups -OCH3 is 1. The molecule has 5 nitrogen and oxygen atoms in total. The number of ether oxygens (including phenoxy) is 2. The molecule has 0 unspecified atom stereocenters. The van der Waals surface area contributed by atoms with Crippen LogP contribution in [0.5, 0.6) is 0 Å². The van der Waals surface area contributed by atoms with Crippen LogP contribution in [-0.2, 0) is 19.1 Å². The molecule has 1 aliphatic rings. The number of piperidine rings is 1. The van der Waals surface area contributed by atoms with Crippen LogP contribution < -0.4 is 0 Å². The Kier molecular flexibility index (Phi) is 5.79. The molecular weight excluding hydrogens is 246 g/mol. The minimum atomic E-state index is -0.464. The number of hydrogen-bond acceptors (Lipinski definition) is 4. The van der Waals surface area contributed by atoms with Gasteiger partial charge in [0.15, 0.2) is 0 Å². The minimum Gasteiger partial charge on any atom is -0.466 e. The van der Waals surface area contributed by atoms with Crippen LogP contribution in [0.25, 0.3) is 0 Å². The second-order valence-corrected chi connectivity index (χ2v) is 5.57. The topological polar surface area (TPSA) is 55.8 Å². The van der Waals surface area contributed by atoms with E-state index >= 15 is 0 Å². The van der Waals surface area contributed by atoms with Gasteiger partial charge in [0.1, 0.15) is 0 Å². The molecule has 1 fully saturated rings. The third kappa shape index (κ3) is 4.82. The average molecular weight is 271 g/mol. The first-order chi connectivity index (χ1) is 8.89. The van der Waals surface area contributed by atoms with Crippen LogP contribution in [-0.4, -0.2) is 49.2 Å². The smallest absolute Gasteiger partial charge is 0.310 e. The molecule has 0 saturated carbocycles. The fourth-order valence-corrected chi connectivity index (χ4v) is 2.20. The maximum absolute atomic E-state index is 12.2. The van der Waals surface area contributed by atoms with Crippen molar-refractivity contribution in [2.24, 2.45) is 5.92 Å². The van der Waals surface area contributed by atoms with Crippen molar-refractivity contribution in [1.82, 2.24) is 4.90 Å². The van der Waals surface area contributed by atoms with Gasteiger partial charge in [0, 0.05) is 20.2 Å². The van der Waals surface area contributed by atoms with Gasteiger partial charge in [-0.3, -0.25) is 9.59 Å². The highest BCUT2D eigenvalue weighted by Gasteiger charge is 2.31. The molecular formula is C14H25NO4. The highest BCUT2D eigenvalue weighted by molar-refractivity contribution is 5.79. The lowest BCUT2D eigenvalue weighted by Gasteiger charge is -2.33. The molecule has 1 amide bonds. The van der Waals surface area contributed by atoms with E-state index in [2.05, 4.69) is 0 Å². The Morgan fingerprint density at radius 3 is 2.63 bits per heavy atom. The molecule has 1 rings (SSSR count). The predicted octanol–water partition coefficient (Wildman–Crippen LogP) is 1.60. The quantitative estimate of drug-likeness (QED) is 0.713. The van der Waals surface area contributed by atoms with E-state index in [1.54, 1.807) is 18.9 Å². The molecule has 1 heterocycles. The van der Waals surface area contributed by atoms with Crippen LogP contribution in [0, 0.1) is 5.92 Å². The fraction of sp³-hybridized carbons (Fsp3) is 0.857. The van der Waals surface area contributed by atoms with Crippen molar-refractivity contribution >= 4 is 11.9 Å². The summed E-state index contributed by atoms with van der Waals surface area (Å²) in [6.45, 7) is 7.14. The van der Waals surface area contributed by atoms with E-state index in [9.17, 15) is 9.59 Å². The summed E-state index contributed by atoms with van der Waals surface area (Å²) in [5, 5.41) is 0. The first-order valence-corrected chi connectivity index (χ1v) is 6.89. The summed E-state index contributed by atoms with van der Waals surface area (Å²) >= 11 is 0. The monoisotopic (exact) mass is 271 g/mol. The SMILES string of the molecule is CCOC(=O)[C@@H]1CCCN(C(=O)CC(C)(C)OC)C1. The van der Waals surface area contributed by atoms with Crippen LogP contribution in [0.3, 0.4) is 0 Å². The Labute approximate surface area is 115 Å². The van der Waals surface area contributed by atoms with Crippen molar-refractivity contribution < 1.29 is 19.1 Å². The molecule has 0 aliphatic carbocycles. The van der Waals surface area contributed by atoms with Gasteiger partial charge in [-0.2, -0.15) is 0 Å². The first-order valence-electron chi connectivity index (χ1n) is 6.89. The number of rotatable bonds is 5. The van der Waals surface area contributed by atoms with E-state index in [0.717, 1.165) is 12.8 Å². The predicted molar refractivity (Wildman–Crippen MR) is 71.6 cm³/mol. The highest BCUT2D eigenvalue weighted by Crippen LogP contribution is 2.21. The number of carbonyl (C=O) groups excluding carboxylic acids is 2. The fourth-order valence-electron chi connectivity index (χ4n) is 2.20. The first kappa shape index (κ1) is 16.0. The summed E-state index contributed by atoms with van der Waals surface area (Å²) in [5.41, 5.74) is -0.464. The maximum atomic E-state index is 12.2. The van der Waals surface area contributed by atoms with Crippen LogP contribution in [0.4, 0.5) is 0 Å². The number of hydrogen-bond donors (Lipinski definition) is 0. The van der Waals surface area contributed by atoms with E-state index in [-0.39, 0.29) is 17.8 Å². The van der Waals surface area contributed by atoms with Gasteiger partial charge in [-0.15, -0.1) is 0 Å². The molecule has 0 N–H and O–H groups in total. The normalized spacial score (nSPS) is 20.2. The highest BCUT2D eigenvalue weighted by atomic mass is 16.5. The van der Waals surface area contributed by atoms with Crippen molar-refractivity contribution in [2.45, 2.75) is 45.6 Å². The zero-order valence-electron chi connectivity index (χ0n) is 12.4. The lowest BCUT2D eigenvalue weighted by atomic mass is 9.96. The Hall–Kier alpha value is -1.10. The number of carbonyl (C=O) groups is 2. The summed E-state index contributed by atoms with van der Waals surface area (Å²) in [4.78, 5) is 25.7. The van der Waals surface area contributed by atoms with E-state index in [0.29, 0.717) is 26.1 Å². The molecule has 110 valence electrons. The number of amides is 1. The number of likely N-dealkylation sites (tertiary alicyclic amines) is 1. The molecule has 1 saturated heterocycles. The summed E-state index contributed by atoms with van der Waals surface area (Å²) < 4.78 is 10.3. The summed E-state index contributed by atoms with van der Waals surface area (Å²) in [6.07, 6.45) is 1.98. The van der Waals surface area contributed by atoms with Gasteiger partial charge in [0.25, 0.3) is 0 Å². The Bertz CT molecular complexity index is 327. The van der Waals surface area contributed by atoms with E-state index in [4.69, 9.17) is 9.47 Å². The third-order valence-corrected chi connectivity index (χ3v) is 3.52. The molecule has 1 atom stereocenters. The minimum absolute atomic E-state index is 0.0425. The number of esters is 1. The molecule has 0 spiro atoms. The Balaban J connectivity index is 2.54. The second-order valence-electron chi connectivity index (χ2n) is 5.57. The van der Waals surface area contributed by atoms with Crippen molar-refractivity contribution in [3.63, 3.8) is 0 Å². The van der Waals surface area contributed by atoms with Crippen molar-refractivity contribution in [2.75, 3.05) is 26.8 Å². The summed E-state index contributed by atoms with van der Waals surface area (Å²) in [5.74, 6) is -0.324. The van der Waals surface area contributed by atoms with Crippen molar-refractivity contribution in [1.29, 1.82) is 0 Å². The van der Waals surface area contributed by atoms with Gasteiger partial charge in [-0.1, -0.05) is 0 Å². The molecule has 0 radical (unpaired) electrons. The van der Waals surface area contributed by atoms with Crippen LogP contribution >= 0.6 is 0 Å². The standard InChI is InChI=1S/C14H25NO4/c1-5-19-13(17)11-7-6-8-15(10-11)12(16)9-14(2,3)18-4/h11H,5-10H2,1-4H3/t11-/m1/s1. The van der Waals surface area contributed by atoms with E-state index in [1.165, 1.54) is 0 Å². The van der Waals surface area contributed by atoms with E-state index < -0.39 is 5.60 Å². The average Bonchev–Trinajstić information content (AvgIpc) is 2.38. The zero-order valence-corrected chi connectivity index (χ0v) is 12.4. The van der Waals surface area contributed by atoms with Crippen LogP contribution in [0.1, 0.15) is 40.0 Å². The number of nitrogens with zero attached hydrogens (tertiary/aromatic N) is 1. The van der Waals surface area contributed by atoms with Gasteiger partial charge in [0.05, 0.1) is 24.5 Å². The van der Waals surface area contributed by atoms with Crippen molar-refractivity contribution in [3.8, 4) is 0 Å². The van der Waals surface area contributed by atoms with Crippen molar-refractivity contribution in [3.05, 3.63) is 0 Å². The molecule has 1 aliphatic heterocycles. The molecule has 5 heteroatoms. The zero-order chi connectivity index (χ0) is 14.5. The lowest BCUT2D eigenvalue weighted by molar-refractivity contribution is -0.151. The molecule has 0 bridgehead atoms. The lowest BCUT2D eigenvalue weighted by Crippen LogP contribution is -2.45. The molecule has 0 aromatic carbocycles.